The van der Waals surface area contributed by atoms with Crippen LogP contribution < -0.4 is 10.3 Å². The molecule has 1 aromatic carbocycles. The van der Waals surface area contributed by atoms with E-state index in [-0.39, 0.29) is 5.43 Å². The van der Waals surface area contributed by atoms with E-state index in [1.54, 1.807) is 6.07 Å². The zero-order chi connectivity index (χ0) is 13.6. The number of anilines is 1. The van der Waals surface area contributed by atoms with Gasteiger partial charge in [0.05, 0.1) is 5.02 Å². The third kappa shape index (κ3) is 1.96. The Morgan fingerprint density at radius 2 is 1.89 bits per heavy atom. The van der Waals surface area contributed by atoms with Crippen LogP contribution >= 0.6 is 11.6 Å². The molecule has 19 heavy (non-hydrogen) atoms. The van der Waals surface area contributed by atoms with Crippen LogP contribution in [0, 0.1) is 0 Å². The molecule has 0 saturated heterocycles. The van der Waals surface area contributed by atoms with E-state index in [1.165, 1.54) is 12.1 Å². The quantitative estimate of drug-likeness (QED) is 0.635. The number of nitrogens with zero attached hydrogens (tertiary/aromatic N) is 1. The molecule has 3 rings (SSSR count). The zero-order valence-electron chi connectivity index (χ0n) is 10.6. The monoisotopic (exact) mass is 273 g/mol. The summed E-state index contributed by atoms with van der Waals surface area (Å²) in [6, 6.07) is 10.5. The van der Waals surface area contributed by atoms with E-state index < -0.39 is 0 Å². The lowest BCUT2D eigenvalue weighted by Crippen LogP contribution is -2.08. The SMILES string of the molecule is CN(C)c1ccc2c(Cl)c3ccc(=O)cc-3oc2c1. The van der Waals surface area contributed by atoms with Crippen LogP contribution in [0.4, 0.5) is 5.69 Å². The van der Waals surface area contributed by atoms with Crippen molar-refractivity contribution in [1.82, 2.24) is 0 Å². The van der Waals surface area contributed by atoms with Gasteiger partial charge in [-0.05, 0) is 24.3 Å². The Kier molecular flexibility index (Phi) is 2.72. The van der Waals surface area contributed by atoms with E-state index in [0.29, 0.717) is 16.4 Å². The Morgan fingerprint density at radius 3 is 2.63 bits per heavy atom. The fourth-order valence-electron chi connectivity index (χ4n) is 2.09. The Bertz CT molecular complexity index is 792. The lowest BCUT2D eigenvalue weighted by Gasteiger charge is -2.15. The number of hydrogen-bond acceptors (Lipinski definition) is 3. The topological polar surface area (TPSA) is 33.5 Å². The van der Waals surface area contributed by atoms with Crippen LogP contribution in [-0.2, 0) is 0 Å². The maximum Gasteiger partial charge on any atom is 0.182 e. The van der Waals surface area contributed by atoms with E-state index in [2.05, 4.69) is 0 Å². The van der Waals surface area contributed by atoms with Gasteiger partial charge in [-0.3, -0.25) is 4.79 Å². The van der Waals surface area contributed by atoms with E-state index >= 15 is 0 Å². The number of hydrogen-bond donors (Lipinski definition) is 0. The molecule has 0 N–H and O–H groups in total. The first kappa shape index (κ1) is 12.1. The van der Waals surface area contributed by atoms with Gasteiger partial charge in [0.15, 0.2) is 5.43 Å². The molecule has 0 unspecified atom stereocenters. The summed E-state index contributed by atoms with van der Waals surface area (Å²) in [6.07, 6.45) is 0. The van der Waals surface area contributed by atoms with Crippen molar-refractivity contribution in [2.75, 3.05) is 19.0 Å². The highest BCUT2D eigenvalue weighted by Crippen LogP contribution is 2.37. The Balaban J connectivity index is 2.41. The van der Waals surface area contributed by atoms with Crippen molar-refractivity contribution in [3.63, 3.8) is 0 Å². The molecular weight excluding hydrogens is 262 g/mol. The molecule has 3 nitrogen and oxygen atoms in total. The highest BCUT2D eigenvalue weighted by molar-refractivity contribution is 6.38. The molecule has 1 aromatic rings. The van der Waals surface area contributed by atoms with Crippen molar-refractivity contribution in [3.8, 4) is 11.3 Å². The van der Waals surface area contributed by atoms with E-state index in [0.717, 1.165) is 16.6 Å². The first-order valence-electron chi connectivity index (χ1n) is 5.90. The number of fused-ring (bicyclic) bond motifs is 2. The van der Waals surface area contributed by atoms with Gasteiger partial charge in [0.2, 0.25) is 0 Å². The van der Waals surface area contributed by atoms with E-state index in [9.17, 15) is 4.79 Å². The maximum absolute atomic E-state index is 11.4. The molecule has 0 aromatic heterocycles. The van der Waals surface area contributed by atoms with Crippen LogP contribution in [0.1, 0.15) is 0 Å². The van der Waals surface area contributed by atoms with Gasteiger partial charge in [0.1, 0.15) is 11.3 Å². The second kappa shape index (κ2) is 4.28. The molecule has 0 saturated carbocycles. The fourth-order valence-corrected chi connectivity index (χ4v) is 2.40. The minimum Gasteiger partial charge on any atom is -0.456 e. The average Bonchev–Trinajstić information content (AvgIpc) is 2.37. The third-order valence-corrected chi connectivity index (χ3v) is 3.53. The van der Waals surface area contributed by atoms with Crippen LogP contribution in [0.15, 0.2) is 45.6 Å². The first-order valence-corrected chi connectivity index (χ1v) is 6.27. The predicted molar refractivity (Wildman–Crippen MR) is 78.4 cm³/mol. The summed E-state index contributed by atoms with van der Waals surface area (Å²) in [6.45, 7) is 0. The molecule has 1 heterocycles. The van der Waals surface area contributed by atoms with Crippen LogP contribution in [0.3, 0.4) is 0 Å². The van der Waals surface area contributed by atoms with Crippen molar-refractivity contribution in [2.45, 2.75) is 0 Å². The number of rotatable bonds is 1. The van der Waals surface area contributed by atoms with Gasteiger partial charge in [-0.15, -0.1) is 0 Å². The fraction of sp³-hybridized carbons (Fsp3) is 0.133. The highest BCUT2D eigenvalue weighted by Gasteiger charge is 2.14. The van der Waals surface area contributed by atoms with Crippen molar-refractivity contribution in [2.24, 2.45) is 0 Å². The smallest absolute Gasteiger partial charge is 0.182 e. The maximum atomic E-state index is 11.4. The van der Waals surface area contributed by atoms with Gasteiger partial charge in [-0.2, -0.15) is 0 Å². The standard InChI is InChI=1S/C15H12ClNO2/c1-17(2)9-3-5-11-13(7-9)19-14-8-10(18)4-6-12(14)15(11)16/h3-8H,1-2H3. The van der Waals surface area contributed by atoms with Gasteiger partial charge >= 0.3 is 0 Å². The summed E-state index contributed by atoms with van der Waals surface area (Å²) in [7, 11) is 3.92. The minimum atomic E-state index is -0.0876. The minimum absolute atomic E-state index is 0.0876. The van der Waals surface area contributed by atoms with Gasteiger partial charge in [-0.25, -0.2) is 0 Å². The molecule has 1 aliphatic heterocycles. The lowest BCUT2D eigenvalue weighted by molar-refractivity contribution is 0.619. The number of halogens is 1. The summed E-state index contributed by atoms with van der Waals surface area (Å²) in [5, 5.41) is 1.46. The number of benzene rings is 2. The van der Waals surface area contributed by atoms with Crippen LogP contribution in [0.25, 0.3) is 22.3 Å². The van der Waals surface area contributed by atoms with Crippen molar-refractivity contribution < 1.29 is 4.42 Å². The van der Waals surface area contributed by atoms with E-state index in [1.807, 2.05) is 37.2 Å². The molecule has 0 fully saturated rings. The summed E-state index contributed by atoms with van der Waals surface area (Å²) >= 11 is 6.38. The van der Waals surface area contributed by atoms with Crippen LogP contribution in [0.2, 0.25) is 5.02 Å². The van der Waals surface area contributed by atoms with E-state index in [4.69, 9.17) is 16.0 Å². The Hall–Kier alpha value is -2.00. The summed E-state index contributed by atoms with van der Waals surface area (Å²) in [5.41, 5.74) is 2.36. The summed E-state index contributed by atoms with van der Waals surface area (Å²) in [4.78, 5) is 13.4. The average molecular weight is 274 g/mol. The Labute approximate surface area is 115 Å². The van der Waals surface area contributed by atoms with Crippen molar-refractivity contribution >= 4 is 28.3 Å². The molecule has 1 aliphatic carbocycles. The molecular formula is C15H12ClNO2. The zero-order valence-corrected chi connectivity index (χ0v) is 11.4. The normalized spacial score (nSPS) is 11.1. The largest absolute Gasteiger partial charge is 0.456 e. The molecule has 0 spiro atoms. The van der Waals surface area contributed by atoms with Gasteiger partial charge in [-0.1, -0.05) is 11.6 Å². The second-order valence-corrected chi connectivity index (χ2v) is 5.03. The highest BCUT2D eigenvalue weighted by atomic mass is 35.5. The summed E-state index contributed by atoms with van der Waals surface area (Å²) in [5.74, 6) is 0.515. The third-order valence-electron chi connectivity index (χ3n) is 3.13. The molecule has 0 atom stereocenters. The second-order valence-electron chi connectivity index (χ2n) is 4.65. The Morgan fingerprint density at radius 1 is 1.11 bits per heavy atom. The molecule has 0 radical (unpaired) electrons. The molecule has 96 valence electrons. The van der Waals surface area contributed by atoms with Crippen molar-refractivity contribution in [1.29, 1.82) is 0 Å². The molecule has 4 heteroatoms. The molecule has 2 aliphatic rings. The molecule has 0 amide bonds. The predicted octanol–water partition coefficient (Wildman–Crippen LogP) is 3.62. The van der Waals surface area contributed by atoms with Gasteiger partial charge in [0.25, 0.3) is 0 Å². The lowest BCUT2D eigenvalue weighted by atomic mass is 10.1. The summed E-state index contributed by atoms with van der Waals surface area (Å²) < 4.78 is 5.79. The van der Waals surface area contributed by atoms with Crippen molar-refractivity contribution in [3.05, 3.63) is 51.6 Å². The molecule has 0 bridgehead atoms. The first-order chi connectivity index (χ1) is 9.06. The van der Waals surface area contributed by atoms with Gasteiger partial charge < -0.3 is 9.32 Å². The van der Waals surface area contributed by atoms with Gasteiger partial charge in [0, 0.05) is 42.9 Å². The van der Waals surface area contributed by atoms with Crippen LogP contribution in [-0.4, -0.2) is 14.1 Å². The van der Waals surface area contributed by atoms with Crippen LogP contribution in [0.5, 0.6) is 0 Å².